The molecular formula is C9H7N3. The third-order valence-electron chi connectivity index (χ3n) is 1.75. The standard InChI is InChI=1S/C9H7N3/c10-5-4-8-7-11-9-3-1-2-6-12(8)9/h1-3,6-7H,4H2. The smallest absolute Gasteiger partial charge is 0.136 e. The fraction of sp³-hybridized carbons (Fsp3) is 0.111. The monoisotopic (exact) mass is 157 g/mol. The molecule has 0 spiro atoms. The Kier molecular flexibility index (Phi) is 1.52. The van der Waals surface area contributed by atoms with Crippen molar-refractivity contribution in [2.45, 2.75) is 6.42 Å². The zero-order valence-corrected chi connectivity index (χ0v) is 6.44. The van der Waals surface area contributed by atoms with Crippen molar-refractivity contribution in [2.24, 2.45) is 0 Å². The highest BCUT2D eigenvalue weighted by molar-refractivity contribution is 5.40. The van der Waals surface area contributed by atoms with Gasteiger partial charge in [-0.05, 0) is 12.1 Å². The summed E-state index contributed by atoms with van der Waals surface area (Å²) >= 11 is 0. The second-order valence-corrected chi connectivity index (χ2v) is 2.51. The van der Waals surface area contributed by atoms with Crippen LogP contribution in [0.4, 0.5) is 0 Å². The predicted octanol–water partition coefficient (Wildman–Crippen LogP) is 1.40. The van der Waals surface area contributed by atoms with Crippen LogP contribution in [0.1, 0.15) is 5.69 Å². The van der Waals surface area contributed by atoms with Gasteiger partial charge in [0.25, 0.3) is 0 Å². The maximum atomic E-state index is 8.51. The molecule has 58 valence electrons. The average Bonchev–Trinajstić information content (AvgIpc) is 2.50. The Hall–Kier alpha value is -1.82. The number of pyridine rings is 1. The largest absolute Gasteiger partial charge is 0.303 e. The van der Waals surface area contributed by atoms with Crippen LogP contribution in [0.2, 0.25) is 0 Å². The number of nitrogens with zero attached hydrogens (tertiary/aromatic N) is 3. The third-order valence-corrected chi connectivity index (χ3v) is 1.75. The number of fused-ring (bicyclic) bond motifs is 1. The first kappa shape index (κ1) is 6.86. The van der Waals surface area contributed by atoms with Crippen molar-refractivity contribution >= 4 is 5.65 Å². The molecule has 3 heteroatoms. The van der Waals surface area contributed by atoms with Crippen LogP contribution in [0.15, 0.2) is 30.6 Å². The van der Waals surface area contributed by atoms with Gasteiger partial charge in [-0.3, -0.25) is 0 Å². The van der Waals surface area contributed by atoms with Crippen molar-refractivity contribution in [3.63, 3.8) is 0 Å². The highest BCUT2D eigenvalue weighted by Crippen LogP contribution is 2.05. The zero-order valence-electron chi connectivity index (χ0n) is 6.44. The van der Waals surface area contributed by atoms with Gasteiger partial charge < -0.3 is 4.40 Å². The van der Waals surface area contributed by atoms with Gasteiger partial charge in [0.2, 0.25) is 0 Å². The van der Waals surface area contributed by atoms with Crippen LogP contribution in [0.5, 0.6) is 0 Å². The van der Waals surface area contributed by atoms with Crippen molar-refractivity contribution < 1.29 is 0 Å². The summed E-state index contributed by atoms with van der Waals surface area (Å²) in [5, 5.41) is 8.51. The highest BCUT2D eigenvalue weighted by atomic mass is 15.0. The summed E-state index contributed by atoms with van der Waals surface area (Å²) in [6.07, 6.45) is 4.05. The topological polar surface area (TPSA) is 41.1 Å². The van der Waals surface area contributed by atoms with Gasteiger partial charge in [-0.2, -0.15) is 5.26 Å². The molecular weight excluding hydrogens is 150 g/mol. The second kappa shape index (κ2) is 2.67. The van der Waals surface area contributed by atoms with E-state index in [1.807, 2.05) is 28.8 Å². The van der Waals surface area contributed by atoms with Gasteiger partial charge in [0, 0.05) is 6.20 Å². The quantitative estimate of drug-likeness (QED) is 0.627. The van der Waals surface area contributed by atoms with Crippen LogP contribution in [0.25, 0.3) is 5.65 Å². The van der Waals surface area contributed by atoms with E-state index in [1.165, 1.54) is 0 Å². The molecule has 0 fully saturated rings. The lowest BCUT2D eigenvalue weighted by Crippen LogP contribution is -1.89. The summed E-state index contributed by atoms with van der Waals surface area (Å²) in [5.41, 5.74) is 1.83. The van der Waals surface area contributed by atoms with Gasteiger partial charge in [-0.25, -0.2) is 4.98 Å². The first-order valence-electron chi connectivity index (χ1n) is 3.70. The molecule has 0 aliphatic rings. The van der Waals surface area contributed by atoms with E-state index in [0.29, 0.717) is 6.42 Å². The Morgan fingerprint density at radius 2 is 2.42 bits per heavy atom. The number of rotatable bonds is 1. The van der Waals surface area contributed by atoms with E-state index in [1.54, 1.807) is 6.20 Å². The van der Waals surface area contributed by atoms with Gasteiger partial charge in [0.1, 0.15) is 5.65 Å². The van der Waals surface area contributed by atoms with Crippen molar-refractivity contribution in [1.82, 2.24) is 9.38 Å². The van der Waals surface area contributed by atoms with E-state index in [-0.39, 0.29) is 0 Å². The zero-order chi connectivity index (χ0) is 8.39. The maximum Gasteiger partial charge on any atom is 0.136 e. The van der Waals surface area contributed by atoms with E-state index >= 15 is 0 Å². The summed E-state index contributed by atoms with van der Waals surface area (Å²) < 4.78 is 1.92. The van der Waals surface area contributed by atoms with Crippen LogP contribution in [0, 0.1) is 11.3 Å². The predicted molar refractivity (Wildman–Crippen MR) is 44.5 cm³/mol. The molecule has 0 N–H and O–H groups in total. The van der Waals surface area contributed by atoms with E-state index in [4.69, 9.17) is 5.26 Å². The summed E-state index contributed by atoms with van der Waals surface area (Å²) in [5.74, 6) is 0. The van der Waals surface area contributed by atoms with Crippen molar-refractivity contribution in [3.8, 4) is 6.07 Å². The first-order valence-corrected chi connectivity index (χ1v) is 3.70. The molecule has 12 heavy (non-hydrogen) atoms. The molecule has 2 aromatic heterocycles. The normalized spacial score (nSPS) is 9.92. The molecule has 0 aliphatic heterocycles. The Bertz CT molecular complexity index is 436. The van der Waals surface area contributed by atoms with E-state index in [2.05, 4.69) is 11.1 Å². The summed E-state index contributed by atoms with van der Waals surface area (Å²) in [4.78, 5) is 4.15. The minimum Gasteiger partial charge on any atom is -0.303 e. The van der Waals surface area contributed by atoms with Gasteiger partial charge in [-0.1, -0.05) is 6.07 Å². The molecule has 0 saturated carbocycles. The average molecular weight is 157 g/mol. The Morgan fingerprint density at radius 1 is 1.50 bits per heavy atom. The molecule has 0 bridgehead atoms. The Labute approximate surface area is 69.9 Å². The SMILES string of the molecule is N#CCc1cnc2ccccn12. The molecule has 2 aromatic rings. The van der Waals surface area contributed by atoms with Gasteiger partial charge >= 0.3 is 0 Å². The molecule has 0 atom stereocenters. The number of aromatic nitrogens is 2. The Balaban J connectivity index is 2.64. The lowest BCUT2D eigenvalue weighted by molar-refractivity contribution is 1.05. The number of hydrogen-bond donors (Lipinski definition) is 0. The van der Waals surface area contributed by atoms with E-state index < -0.39 is 0 Å². The van der Waals surface area contributed by atoms with Crippen LogP contribution in [0.3, 0.4) is 0 Å². The molecule has 0 amide bonds. The van der Waals surface area contributed by atoms with Crippen LogP contribution in [-0.2, 0) is 6.42 Å². The Morgan fingerprint density at radius 3 is 3.25 bits per heavy atom. The minimum atomic E-state index is 0.408. The first-order chi connectivity index (χ1) is 5.92. The summed E-state index contributed by atoms with van der Waals surface area (Å²) in [7, 11) is 0. The van der Waals surface area contributed by atoms with Gasteiger partial charge in [0.05, 0.1) is 24.4 Å². The summed E-state index contributed by atoms with van der Waals surface area (Å²) in [6, 6.07) is 7.87. The third kappa shape index (κ3) is 0.940. The molecule has 0 aromatic carbocycles. The number of hydrogen-bond acceptors (Lipinski definition) is 2. The number of imidazole rings is 1. The van der Waals surface area contributed by atoms with Crippen LogP contribution in [-0.4, -0.2) is 9.38 Å². The highest BCUT2D eigenvalue weighted by Gasteiger charge is 1.99. The fourth-order valence-electron chi connectivity index (χ4n) is 1.20. The van der Waals surface area contributed by atoms with Crippen LogP contribution < -0.4 is 0 Å². The van der Waals surface area contributed by atoms with Crippen LogP contribution >= 0.6 is 0 Å². The van der Waals surface area contributed by atoms with Gasteiger partial charge in [0.15, 0.2) is 0 Å². The van der Waals surface area contributed by atoms with Crippen molar-refractivity contribution in [2.75, 3.05) is 0 Å². The fourth-order valence-corrected chi connectivity index (χ4v) is 1.20. The number of nitriles is 1. The molecule has 3 nitrogen and oxygen atoms in total. The lowest BCUT2D eigenvalue weighted by Gasteiger charge is -1.94. The molecule has 0 saturated heterocycles. The molecule has 0 radical (unpaired) electrons. The minimum absolute atomic E-state index is 0.408. The van der Waals surface area contributed by atoms with Crippen molar-refractivity contribution in [1.29, 1.82) is 5.26 Å². The van der Waals surface area contributed by atoms with E-state index in [9.17, 15) is 0 Å². The van der Waals surface area contributed by atoms with Crippen molar-refractivity contribution in [3.05, 3.63) is 36.3 Å². The molecule has 2 heterocycles. The summed E-state index contributed by atoms with van der Waals surface area (Å²) in [6.45, 7) is 0. The van der Waals surface area contributed by atoms with Gasteiger partial charge in [-0.15, -0.1) is 0 Å². The van der Waals surface area contributed by atoms with E-state index in [0.717, 1.165) is 11.3 Å². The maximum absolute atomic E-state index is 8.51. The lowest BCUT2D eigenvalue weighted by atomic mass is 10.3. The molecule has 0 unspecified atom stereocenters. The molecule has 0 aliphatic carbocycles. The molecule has 2 rings (SSSR count). The second-order valence-electron chi connectivity index (χ2n) is 2.51.